The average molecular weight is 203 g/mol. The Balaban J connectivity index is 3.15. The van der Waals surface area contributed by atoms with E-state index in [1.165, 1.54) is 0 Å². The highest BCUT2D eigenvalue weighted by Gasteiger charge is 2.01. The molecule has 0 fully saturated rings. The van der Waals surface area contributed by atoms with Crippen molar-refractivity contribution in [1.82, 2.24) is 9.97 Å². The number of H-pyrrole nitrogens is 1. The van der Waals surface area contributed by atoms with Crippen molar-refractivity contribution in [3.05, 3.63) is 22.2 Å². The van der Waals surface area contributed by atoms with Crippen LogP contribution in [0.4, 0.5) is 0 Å². The summed E-state index contributed by atoms with van der Waals surface area (Å²) in [5.41, 5.74) is 1.09. The summed E-state index contributed by atoms with van der Waals surface area (Å²) in [6, 6.07) is 1.87. The zero-order valence-electron chi connectivity index (χ0n) is 7.10. The Hall–Kier alpha value is -0.410. The van der Waals surface area contributed by atoms with Crippen LogP contribution in [0.2, 0.25) is 0 Å². The van der Waals surface area contributed by atoms with E-state index in [2.05, 4.69) is 23.8 Å². The molecule has 0 aromatic carbocycles. The molecule has 4 heteroatoms. The van der Waals surface area contributed by atoms with Gasteiger partial charge >= 0.3 is 0 Å². The molecule has 0 saturated heterocycles. The van der Waals surface area contributed by atoms with Crippen molar-refractivity contribution in [2.45, 2.75) is 25.6 Å². The van der Waals surface area contributed by atoms with Crippen LogP contribution in [0.1, 0.15) is 31.3 Å². The number of nitrogens with zero attached hydrogens (tertiary/aromatic N) is 1. The number of rotatable bonds is 2. The van der Waals surface area contributed by atoms with Crippen LogP contribution in [0.15, 0.2) is 6.07 Å². The van der Waals surface area contributed by atoms with Gasteiger partial charge in [0.25, 0.3) is 0 Å². The van der Waals surface area contributed by atoms with Crippen LogP contribution in [0.5, 0.6) is 0 Å². The largest absolute Gasteiger partial charge is 0.346 e. The average Bonchev–Trinajstić information content (AvgIpc) is 2.03. The van der Waals surface area contributed by atoms with Crippen molar-refractivity contribution in [3.8, 4) is 0 Å². The van der Waals surface area contributed by atoms with Crippen molar-refractivity contribution in [1.29, 1.82) is 0 Å². The van der Waals surface area contributed by atoms with E-state index in [1.807, 2.05) is 6.07 Å². The molecule has 0 bridgehead atoms. The summed E-state index contributed by atoms with van der Waals surface area (Å²) in [4.78, 5) is 7.19. The molecule has 0 unspecified atom stereocenters. The molecule has 0 amide bonds. The first-order valence-electron chi connectivity index (χ1n) is 3.79. The highest BCUT2D eigenvalue weighted by Crippen LogP contribution is 2.11. The lowest BCUT2D eigenvalue weighted by Gasteiger charge is -2.06. The smallest absolute Gasteiger partial charge is 0.130 e. The first-order valence-corrected chi connectivity index (χ1v) is 4.74. The molecular weight excluding hydrogens is 192 g/mol. The molecule has 1 aromatic heterocycles. The minimum atomic E-state index is 0.379. The van der Waals surface area contributed by atoms with E-state index in [1.54, 1.807) is 0 Å². The van der Waals surface area contributed by atoms with Crippen molar-refractivity contribution in [3.63, 3.8) is 0 Å². The highest BCUT2D eigenvalue weighted by atomic mass is 35.5. The van der Waals surface area contributed by atoms with Gasteiger partial charge in [-0.15, -0.1) is 11.6 Å². The van der Waals surface area contributed by atoms with E-state index in [0.717, 1.165) is 11.5 Å². The third-order valence-corrected chi connectivity index (χ3v) is 2.02. The Morgan fingerprint density at radius 1 is 1.67 bits per heavy atom. The summed E-state index contributed by atoms with van der Waals surface area (Å²) in [6.07, 6.45) is 0. The molecule has 0 aliphatic heterocycles. The lowest BCUT2D eigenvalue weighted by atomic mass is 10.1. The van der Waals surface area contributed by atoms with Gasteiger partial charge in [-0.3, -0.25) is 0 Å². The normalized spacial score (nSPS) is 10.7. The third kappa shape index (κ3) is 2.29. The molecular formula is C8H11ClN2S. The van der Waals surface area contributed by atoms with E-state index in [0.29, 0.717) is 16.4 Å². The molecule has 0 aliphatic carbocycles. The molecule has 1 aromatic rings. The summed E-state index contributed by atoms with van der Waals surface area (Å²) in [6.45, 7) is 4.19. The number of aromatic amines is 1. The summed E-state index contributed by atoms with van der Waals surface area (Å²) >= 11 is 10.6. The quantitative estimate of drug-likeness (QED) is 0.590. The second kappa shape index (κ2) is 4.01. The van der Waals surface area contributed by atoms with Gasteiger partial charge in [0.2, 0.25) is 0 Å². The Labute approximate surface area is 82.0 Å². The van der Waals surface area contributed by atoms with E-state index in [9.17, 15) is 0 Å². The van der Waals surface area contributed by atoms with Gasteiger partial charge in [0.15, 0.2) is 0 Å². The monoisotopic (exact) mass is 202 g/mol. The number of halogens is 1. The van der Waals surface area contributed by atoms with E-state index >= 15 is 0 Å². The fourth-order valence-corrected chi connectivity index (χ4v) is 1.27. The third-order valence-electron chi connectivity index (χ3n) is 1.56. The van der Waals surface area contributed by atoms with Crippen molar-refractivity contribution in [2.75, 3.05) is 0 Å². The van der Waals surface area contributed by atoms with Gasteiger partial charge in [0.05, 0.1) is 5.88 Å². The van der Waals surface area contributed by atoms with Crippen LogP contribution in [-0.4, -0.2) is 9.97 Å². The van der Waals surface area contributed by atoms with Gasteiger partial charge < -0.3 is 4.98 Å². The summed E-state index contributed by atoms with van der Waals surface area (Å²) in [5.74, 6) is 1.55. The fraction of sp³-hybridized carbons (Fsp3) is 0.500. The predicted molar refractivity (Wildman–Crippen MR) is 53.1 cm³/mol. The summed E-state index contributed by atoms with van der Waals surface area (Å²) in [7, 11) is 0. The molecule has 0 aliphatic rings. The van der Waals surface area contributed by atoms with E-state index in [4.69, 9.17) is 23.8 Å². The number of alkyl halides is 1. The molecule has 12 heavy (non-hydrogen) atoms. The maximum Gasteiger partial charge on any atom is 0.130 e. The van der Waals surface area contributed by atoms with Gasteiger partial charge in [-0.1, -0.05) is 26.1 Å². The van der Waals surface area contributed by atoms with Crippen LogP contribution in [-0.2, 0) is 5.88 Å². The van der Waals surface area contributed by atoms with Crippen molar-refractivity contribution in [2.24, 2.45) is 0 Å². The second-order valence-electron chi connectivity index (χ2n) is 2.91. The molecule has 1 rings (SSSR count). The Kier molecular flexibility index (Phi) is 3.23. The van der Waals surface area contributed by atoms with Crippen molar-refractivity contribution < 1.29 is 0 Å². The molecule has 1 N–H and O–H groups in total. The molecule has 0 atom stereocenters. The van der Waals surface area contributed by atoms with Crippen LogP contribution in [0, 0.1) is 4.64 Å². The van der Waals surface area contributed by atoms with Crippen LogP contribution in [0.25, 0.3) is 0 Å². The summed E-state index contributed by atoms with van der Waals surface area (Å²) in [5, 5.41) is 0. The van der Waals surface area contributed by atoms with Crippen LogP contribution in [0.3, 0.4) is 0 Å². The standard InChI is InChI=1S/C8H11ClN2S/c1-5(2)6-3-8(12)11-7(4-9)10-6/h3,5H,4H2,1-2H3,(H,10,11,12). The molecule has 1 heterocycles. The minimum Gasteiger partial charge on any atom is -0.346 e. The topological polar surface area (TPSA) is 28.7 Å². The predicted octanol–water partition coefficient (Wildman–Crippen LogP) is 3.00. The van der Waals surface area contributed by atoms with E-state index in [-0.39, 0.29) is 0 Å². The van der Waals surface area contributed by atoms with Crippen LogP contribution >= 0.6 is 23.8 Å². The lowest BCUT2D eigenvalue weighted by molar-refractivity contribution is 0.796. The zero-order valence-corrected chi connectivity index (χ0v) is 8.67. The molecule has 2 nitrogen and oxygen atoms in total. The number of nitrogens with one attached hydrogen (secondary N) is 1. The summed E-state index contributed by atoms with van der Waals surface area (Å²) < 4.78 is 0.605. The van der Waals surface area contributed by atoms with Gasteiger partial charge in [0, 0.05) is 5.69 Å². The molecule has 0 saturated carbocycles. The number of aromatic nitrogens is 2. The number of hydrogen-bond donors (Lipinski definition) is 1. The van der Waals surface area contributed by atoms with Crippen molar-refractivity contribution >= 4 is 23.8 Å². The lowest BCUT2D eigenvalue weighted by Crippen LogP contribution is -1.99. The SMILES string of the molecule is CC(C)c1cc(=S)nc(CCl)[nH]1. The molecule has 66 valence electrons. The minimum absolute atomic E-state index is 0.379. The first kappa shape index (κ1) is 9.68. The number of hydrogen-bond acceptors (Lipinski definition) is 2. The van der Waals surface area contributed by atoms with Crippen LogP contribution < -0.4 is 0 Å². The highest BCUT2D eigenvalue weighted by molar-refractivity contribution is 7.71. The first-order chi connectivity index (χ1) is 5.63. The van der Waals surface area contributed by atoms with Gasteiger partial charge in [-0.2, -0.15) is 0 Å². The zero-order chi connectivity index (χ0) is 9.14. The Bertz CT molecular complexity index is 319. The van der Waals surface area contributed by atoms with E-state index < -0.39 is 0 Å². The second-order valence-corrected chi connectivity index (χ2v) is 3.60. The Morgan fingerprint density at radius 3 is 2.83 bits per heavy atom. The van der Waals surface area contributed by atoms with Gasteiger partial charge in [-0.25, -0.2) is 4.98 Å². The van der Waals surface area contributed by atoms with Gasteiger partial charge in [0.1, 0.15) is 10.5 Å². The Morgan fingerprint density at radius 2 is 2.33 bits per heavy atom. The maximum absolute atomic E-state index is 5.64. The van der Waals surface area contributed by atoms with Gasteiger partial charge in [-0.05, 0) is 12.0 Å². The maximum atomic E-state index is 5.64. The molecule has 0 radical (unpaired) electrons. The fourth-order valence-electron chi connectivity index (χ4n) is 0.903. The molecule has 0 spiro atoms.